The molecule has 0 aliphatic rings. The molecule has 2 aromatic rings. The Morgan fingerprint density at radius 3 is 2.65 bits per heavy atom. The zero-order chi connectivity index (χ0) is 16.9. The van der Waals surface area contributed by atoms with Gasteiger partial charge in [-0.2, -0.15) is 5.10 Å². The average molecular weight is 343 g/mol. The zero-order valence-electron chi connectivity index (χ0n) is 13.5. The summed E-state index contributed by atoms with van der Waals surface area (Å²) < 4.78 is 30.0. The minimum atomic E-state index is -3.21. The summed E-state index contributed by atoms with van der Waals surface area (Å²) in [6, 6.07) is 0. The first kappa shape index (κ1) is 17.8. The van der Waals surface area contributed by atoms with Crippen LogP contribution in [0.5, 0.6) is 0 Å². The van der Waals surface area contributed by atoms with Gasteiger partial charge < -0.3 is 19.5 Å². The highest BCUT2D eigenvalue weighted by molar-refractivity contribution is 7.53. The van der Waals surface area contributed by atoms with Crippen molar-refractivity contribution in [2.24, 2.45) is 0 Å². The molecule has 1 atom stereocenters. The van der Waals surface area contributed by atoms with Crippen molar-refractivity contribution >= 4 is 19.1 Å². The highest BCUT2D eigenvalue weighted by atomic mass is 31.2. The quantitative estimate of drug-likeness (QED) is 0.686. The van der Waals surface area contributed by atoms with Crippen LogP contribution in [0, 0.1) is 0 Å². The Morgan fingerprint density at radius 1 is 1.30 bits per heavy atom. The number of aromatic nitrogens is 4. The van der Waals surface area contributed by atoms with Crippen molar-refractivity contribution in [3.05, 3.63) is 18.2 Å². The molecule has 0 aromatic carbocycles. The van der Waals surface area contributed by atoms with Gasteiger partial charge in [-0.05, 0) is 20.8 Å². The molecule has 0 radical (unpaired) electrons. The Labute approximate surface area is 134 Å². The molecule has 0 saturated heterocycles. The van der Waals surface area contributed by atoms with Crippen molar-refractivity contribution in [3.63, 3.8) is 0 Å². The molecule has 9 nitrogen and oxygen atoms in total. The maximum absolute atomic E-state index is 12.4. The molecule has 2 rings (SSSR count). The topological polar surface area (TPSA) is 114 Å². The highest BCUT2D eigenvalue weighted by Crippen LogP contribution is 2.48. The maximum atomic E-state index is 12.4. The van der Waals surface area contributed by atoms with Gasteiger partial charge in [-0.25, -0.2) is 14.5 Å². The van der Waals surface area contributed by atoms with Crippen LogP contribution in [0.3, 0.4) is 0 Å². The number of nitrogens with two attached hydrogens (primary N) is 1. The van der Waals surface area contributed by atoms with Crippen LogP contribution in [-0.2, 0) is 24.8 Å². The van der Waals surface area contributed by atoms with Crippen LogP contribution in [0.25, 0.3) is 5.65 Å². The summed E-state index contributed by atoms with van der Waals surface area (Å²) in [5, 5.41) is 4.13. The fourth-order valence-electron chi connectivity index (χ4n) is 2.10. The van der Waals surface area contributed by atoms with Crippen molar-refractivity contribution in [3.8, 4) is 0 Å². The Kier molecular flexibility index (Phi) is 6.06. The van der Waals surface area contributed by atoms with Gasteiger partial charge >= 0.3 is 7.60 Å². The fourth-order valence-corrected chi connectivity index (χ4v) is 3.55. The number of nitrogen functional groups attached to an aromatic ring is 1. The van der Waals surface area contributed by atoms with Crippen molar-refractivity contribution in [2.45, 2.75) is 33.3 Å². The van der Waals surface area contributed by atoms with E-state index in [0.29, 0.717) is 31.1 Å². The monoisotopic (exact) mass is 343 g/mol. The molecular formula is C13H22N5O4P. The molecule has 10 heteroatoms. The van der Waals surface area contributed by atoms with Crippen LogP contribution >= 0.6 is 7.60 Å². The van der Waals surface area contributed by atoms with Gasteiger partial charge in [0.25, 0.3) is 0 Å². The lowest BCUT2D eigenvalue weighted by Crippen LogP contribution is -2.16. The molecule has 2 heterocycles. The van der Waals surface area contributed by atoms with E-state index in [2.05, 4.69) is 15.1 Å². The number of hydrogen-bond acceptors (Lipinski definition) is 8. The zero-order valence-corrected chi connectivity index (χ0v) is 14.4. The molecule has 0 amide bonds. The fraction of sp³-hybridized carbons (Fsp3) is 0.615. The summed E-state index contributed by atoms with van der Waals surface area (Å²) in [5.74, 6) is 0.317. The maximum Gasteiger partial charge on any atom is 0.356 e. The molecule has 0 unspecified atom stereocenters. The Balaban J connectivity index is 2.00. The second kappa shape index (κ2) is 7.83. The van der Waals surface area contributed by atoms with E-state index in [-0.39, 0.29) is 12.5 Å². The Bertz CT molecular complexity index is 682. The van der Waals surface area contributed by atoms with Gasteiger partial charge in [0.1, 0.15) is 12.7 Å². The number of rotatable bonds is 9. The van der Waals surface area contributed by atoms with E-state index in [0.717, 1.165) is 5.69 Å². The minimum Gasteiger partial charge on any atom is -0.381 e. The first-order valence-electron chi connectivity index (χ1n) is 7.42. The van der Waals surface area contributed by atoms with Gasteiger partial charge in [0.05, 0.1) is 31.2 Å². The molecule has 23 heavy (non-hydrogen) atoms. The van der Waals surface area contributed by atoms with E-state index in [4.69, 9.17) is 19.5 Å². The number of imidazole rings is 1. The molecule has 2 N–H and O–H groups in total. The molecule has 0 spiro atoms. The minimum absolute atomic E-state index is 0.0935. The lowest BCUT2D eigenvalue weighted by Gasteiger charge is -2.19. The van der Waals surface area contributed by atoms with Crippen molar-refractivity contribution in [1.82, 2.24) is 19.6 Å². The Morgan fingerprint density at radius 2 is 2.00 bits per heavy atom. The van der Waals surface area contributed by atoms with Gasteiger partial charge in [0, 0.05) is 6.42 Å². The van der Waals surface area contributed by atoms with Crippen LogP contribution in [0.2, 0.25) is 0 Å². The first-order valence-corrected chi connectivity index (χ1v) is 9.14. The number of anilines is 1. The largest absolute Gasteiger partial charge is 0.381 e. The molecule has 0 aliphatic heterocycles. The molecule has 0 aliphatic carbocycles. The lowest BCUT2D eigenvalue weighted by molar-refractivity contribution is 0.0770. The molecule has 2 aromatic heterocycles. The molecule has 128 valence electrons. The van der Waals surface area contributed by atoms with Crippen LogP contribution in [-0.4, -0.2) is 45.2 Å². The first-order chi connectivity index (χ1) is 11.0. The Hall–Kier alpha value is -1.54. The van der Waals surface area contributed by atoms with Crippen LogP contribution < -0.4 is 5.73 Å². The second-order valence-electron chi connectivity index (χ2n) is 4.89. The van der Waals surface area contributed by atoms with E-state index in [9.17, 15) is 4.57 Å². The average Bonchev–Trinajstić information content (AvgIpc) is 2.91. The molecule has 0 bridgehead atoms. The van der Waals surface area contributed by atoms with Crippen molar-refractivity contribution in [2.75, 3.05) is 25.3 Å². The second-order valence-corrected chi connectivity index (χ2v) is 6.88. The molecule has 0 fully saturated rings. The van der Waals surface area contributed by atoms with E-state index in [1.807, 2.05) is 6.92 Å². The predicted octanol–water partition coefficient (Wildman–Crippen LogP) is 1.88. The van der Waals surface area contributed by atoms with Crippen LogP contribution in [0.15, 0.2) is 12.5 Å². The van der Waals surface area contributed by atoms with Gasteiger partial charge in [0.2, 0.25) is 0 Å². The third-order valence-corrected chi connectivity index (χ3v) is 4.84. The SMILES string of the molecule is CCOP(=O)(CO[C@H](C)Cc1cnc2c(N)ncnn12)OCC. The third kappa shape index (κ3) is 4.48. The summed E-state index contributed by atoms with van der Waals surface area (Å²) in [5.41, 5.74) is 7.07. The van der Waals surface area contributed by atoms with Crippen molar-refractivity contribution in [1.29, 1.82) is 0 Å². The molecule has 0 saturated carbocycles. The number of fused-ring (bicyclic) bond motifs is 1. The van der Waals surface area contributed by atoms with E-state index in [1.54, 1.807) is 24.6 Å². The van der Waals surface area contributed by atoms with E-state index in [1.165, 1.54) is 6.33 Å². The lowest BCUT2D eigenvalue weighted by atomic mass is 10.2. The van der Waals surface area contributed by atoms with Gasteiger partial charge in [-0.15, -0.1) is 0 Å². The number of ether oxygens (including phenoxy) is 1. The summed E-state index contributed by atoms with van der Waals surface area (Å²) in [6.45, 7) is 6.00. The van der Waals surface area contributed by atoms with Crippen LogP contribution in [0.4, 0.5) is 5.82 Å². The van der Waals surface area contributed by atoms with Crippen LogP contribution in [0.1, 0.15) is 26.5 Å². The smallest absolute Gasteiger partial charge is 0.356 e. The molecular weight excluding hydrogens is 321 g/mol. The van der Waals surface area contributed by atoms with Crippen molar-refractivity contribution < 1.29 is 18.3 Å². The summed E-state index contributed by atoms with van der Waals surface area (Å²) >= 11 is 0. The number of nitrogens with zero attached hydrogens (tertiary/aromatic N) is 4. The standard InChI is InChI=1S/C13H22N5O4P/c1-4-21-23(19,22-5-2)9-20-10(3)6-11-7-15-13-12(14)16-8-17-18(11)13/h7-8,10H,4-6,9H2,1-3H3,(H2,14,16,17)/t10-/m1/s1. The summed E-state index contributed by atoms with van der Waals surface area (Å²) in [4.78, 5) is 8.08. The highest BCUT2D eigenvalue weighted by Gasteiger charge is 2.25. The number of hydrogen-bond donors (Lipinski definition) is 1. The predicted molar refractivity (Wildman–Crippen MR) is 85.2 cm³/mol. The third-order valence-electron chi connectivity index (χ3n) is 3.07. The van der Waals surface area contributed by atoms with Gasteiger partial charge in [-0.1, -0.05) is 0 Å². The van der Waals surface area contributed by atoms with E-state index < -0.39 is 7.60 Å². The normalized spacial score (nSPS) is 13.5. The summed E-state index contributed by atoms with van der Waals surface area (Å²) in [7, 11) is -3.21. The van der Waals surface area contributed by atoms with Gasteiger partial charge in [0.15, 0.2) is 11.5 Å². The van der Waals surface area contributed by atoms with E-state index >= 15 is 0 Å². The van der Waals surface area contributed by atoms with Gasteiger partial charge in [-0.3, -0.25) is 4.57 Å². The summed E-state index contributed by atoms with van der Waals surface area (Å²) in [6.07, 6.45) is 3.25.